The van der Waals surface area contributed by atoms with Crippen LogP contribution in [0, 0.1) is 6.92 Å². The minimum absolute atomic E-state index is 0.103. The summed E-state index contributed by atoms with van der Waals surface area (Å²) >= 11 is 1.75. The number of fused-ring (bicyclic) bond motifs is 2. The molecule has 6 heterocycles. The fraction of sp³-hybridized carbons (Fsp3) is 0.0435. The largest absolute Gasteiger partial charge is 0.506 e. The molecular weight excluding hydrogens is 408 g/mol. The van der Waals surface area contributed by atoms with Crippen LogP contribution >= 0.6 is 11.3 Å². The molecule has 150 valence electrons. The standard InChI is InChI=1S/C23H16N6OS/c1-12-2-5-21(31-12)16-10-25-11-20-15(16)7-19(26-20)23-22-18(28-29-23)4-3-17(27-22)13-6-14(30)9-24-8-13/h2-11,26,30H,1H3,(H,28,29). The second-order valence-electron chi connectivity index (χ2n) is 7.34. The van der Waals surface area contributed by atoms with Gasteiger partial charge in [-0.3, -0.25) is 15.1 Å². The number of aromatic amines is 2. The Balaban J connectivity index is 1.51. The Morgan fingerprint density at radius 2 is 1.84 bits per heavy atom. The molecule has 6 rings (SSSR count). The molecule has 6 aromatic heterocycles. The van der Waals surface area contributed by atoms with Crippen molar-refractivity contribution in [3.63, 3.8) is 0 Å². The SMILES string of the molecule is Cc1ccc(-c2cncc3[nH]c(-c4n[nH]c5ccc(-c6cncc(O)c6)nc45)cc23)s1. The summed E-state index contributed by atoms with van der Waals surface area (Å²) in [5, 5.41) is 18.4. The Morgan fingerprint density at radius 3 is 2.68 bits per heavy atom. The predicted molar refractivity (Wildman–Crippen MR) is 122 cm³/mol. The Kier molecular flexibility index (Phi) is 3.87. The number of aromatic hydroxyl groups is 1. The first kappa shape index (κ1) is 17.8. The lowest BCUT2D eigenvalue weighted by Crippen LogP contribution is -1.86. The van der Waals surface area contributed by atoms with Crippen LogP contribution in [0.25, 0.3) is 55.0 Å². The van der Waals surface area contributed by atoms with Crippen LogP contribution in [0.5, 0.6) is 5.75 Å². The van der Waals surface area contributed by atoms with Gasteiger partial charge in [-0.25, -0.2) is 4.98 Å². The number of thiophene rings is 1. The van der Waals surface area contributed by atoms with E-state index in [4.69, 9.17) is 4.98 Å². The van der Waals surface area contributed by atoms with Gasteiger partial charge in [0.1, 0.15) is 17.0 Å². The highest BCUT2D eigenvalue weighted by Crippen LogP contribution is 2.36. The molecule has 0 aromatic carbocycles. The van der Waals surface area contributed by atoms with Gasteiger partial charge in [0.15, 0.2) is 0 Å². The summed E-state index contributed by atoms with van der Waals surface area (Å²) in [5.74, 6) is 0.103. The van der Waals surface area contributed by atoms with E-state index in [0.717, 1.165) is 44.5 Å². The topological polar surface area (TPSA) is 103 Å². The smallest absolute Gasteiger partial charge is 0.135 e. The fourth-order valence-electron chi connectivity index (χ4n) is 3.77. The van der Waals surface area contributed by atoms with Gasteiger partial charge in [0.25, 0.3) is 0 Å². The van der Waals surface area contributed by atoms with Crippen molar-refractivity contribution in [2.24, 2.45) is 0 Å². The third-order valence-corrected chi connectivity index (χ3v) is 6.27. The zero-order chi connectivity index (χ0) is 20.9. The minimum atomic E-state index is 0.103. The van der Waals surface area contributed by atoms with Crippen LogP contribution in [0.3, 0.4) is 0 Å². The Morgan fingerprint density at radius 1 is 0.935 bits per heavy atom. The summed E-state index contributed by atoms with van der Waals surface area (Å²) in [4.78, 5) is 19.2. The van der Waals surface area contributed by atoms with E-state index in [1.807, 2.05) is 24.5 Å². The first-order valence-electron chi connectivity index (χ1n) is 9.69. The molecule has 6 aromatic rings. The third kappa shape index (κ3) is 2.96. The van der Waals surface area contributed by atoms with E-state index in [1.54, 1.807) is 23.6 Å². The maximum atomic E-state index is 9.76. The molecule has 0 amide bonds. The summed E-state index contributed by atoms with van der Waals surface area (Å²) in [7, 11) is 0. The highest BCUT2D eigenvalue weighted by atomic mass is 32.1. The Labute approximate surface area is 180 Å². The molecule has 8 heteroatoms. The quantitative estimate of drug-likeness (QED) is 0.357. The average Bonchev–Trinajstić information content (AvgIpc) is 3.50. The molecule has 0 spiro atoms. The summed E-state index contributed by atoms with van der Waals surface area (Å²) in [5.41, 5.74) is 6.67. The maximum absolute atomic E-state index is 9.76. The van der Waals surface area contributed by atoms with Crippen molar-refractivity contribution < 1.29 is 5.11 Å². The van der Waals surface area contributed by atoms with Crippen molar-refractivity contribution in [3.8, 4) is 38.8 Å². The van der Waals surface area contributed by atoms with Crippen LogP contribution in [0.15, 0.2) is 61.2 Å². The van der Waals surface area contributed by atoms with Crippen LogP contribution in [-0.4, -0.2) is 35.2 Å². The molecule has 0 radical (unpaired) electrons. The fourth-order valence-corrected chi connectivity index (χ4v) is 4.66. The van der Waals surface area contributed by atoms with Gasteiger partial charge in [0.05, 0.1) is 34.8 Å². The second-order valence-corrected chi connectivity index (χ2v) is 8.63. The molecule has 31 heavy (non-hydrogen) atoms. The number of aromatic nitrogens is 6. The molecule has 0 aliphatic carbocycles. The van der Waals surface area contributed by atoms with Gasteiger partial charge in [-0.2, -0.15) is 5.10 Å². The molecule has 0 aliphatic rings. The van der Waals surface area contributed by atoms with Crippen molar-refractivity contribution in [2.45, 2.75) is 6.92 Å². The van der Waals surface area contributed by atoms with Crippen LogP contribution in [0.2, 0.25) is 0 Å². The lowest BCUT2D eigenvalue weighted by molar-refractivity contribution is 0.473. The van der Waals surface area contributed by atoms with Crippen molar-refractivity contribution in [1.82, 2.24) is 30.1 Å². The van der Waals surface area contributed by atoms with Gasteiger partial charge in [0.2, 0.25) is 0 Å². The molecular formula is C23H16N6OS. The zero-order valence-electron chi connectivity index (χ0n) is 16.4. The van der Waals surface area contributed by atoms with E-state index < -0.39 is 0 Å². The van der Waals surface area contributed by atoms with Gasteiger partial charge < -0.3 is 10.1 Å². The van der Waals surface area contributed by atoms with E-state index in [0.29, 0.717) is 5.69 Å². The predicted octanol–water partition coefficient (Wildman–Crippen LogP) is 5.31. The van der Waals surface area contributed by atoms with E-state index in [1.165, 1.54) is 16.0 Å². The van der Waals surface area contributed by atoms with Gasteiger partial charge in [0, 0.05) is 38.7 Å². The van der Waals surface area contributed by atoms with Crippen molar-refractivity contribution in [1.29, 1.82) is 0 Å². The molecule has 0 saturated heterocycles. The van der Waals surface area contributed by atoms with Gasteiger partial charge >= 0.3 is 0 Å². The molecule has 0 aliphatic heterocycles. The van der Waals surface area contributed by atoms with Gasteiger partial charge in [-0.15, -0.1) is 11.3 Å². The normalized spacial score (nSPS) is 11.5. The summed E-state index contributed by atoms with van der Waals surface area (Å²) in [6.07, 6.45) is 6.81. The molecule has 0 unspecified atom stereocenters. The first-order chi connectivity index (χ1) is 15.2. The number of rotatable bonds is 3. The van der Waals surface area contributed by atoms with Crippen LogP contribution in [0.4, 0.5) is 0 Å². The van der Waals surface area contributed by atoms with Crippen LogP contribution in [0.1, 0.15) is 4.88 Å². The average molecular weight is 424 g/mol. The molecule has 3 N–H and O–H groups in total. The van der Waals surface area contributed by atoms with Gasteiger partial charge in [-0.05, 0) is 43.3 Å². The lowest BCUT2D eigenvalue weighted by Gasteiger charge is -2.01. The summed E-state index contributed by atoms with van der Waals surface area (Å²) in [6.45, 7) is 2.10. The monoisotopic (exact) mass is 424 g/mol. The molecule has 0 bridgehead atoms. The lowest BCUT2D eigenvalue weighted by atomic mass is 10.1. The highest BCUT2D eigenvalue weighted by Gasteiger charge is 2.16. The number of aryl methyl sites for hydroxylation is 1. The molecule has 0 saturated carbocycles. The Hall–Kier alpha value is -4.04. The third-order valence-electron chi connectivity index (χ3n) is 5.23. The molecule has 0 atom stereocenters. The van der Waals surface area contributed by atoms with Crippen molar-refractivity contribution >= 4 is 33.3 Å². The maximum Gasteiger partial charge on any atom is 0.135 e. The molecule has 7 nitrogen and oxygen atoms in total. The number of nitrogens with zero attached hydrogens (tertiary/aromatic N) is 4. The van der Waals surface area contributed by atoms with E-state index in [-0.39, 0.29) is 5.75 Å². The second kappa shape index (κ2) is 6.75. The Bertz CT molecular complexity index is 1580. The van der Waals surface area contributed by atoms with Crippen LogP contribution in [-0.2, 0) is 0 Å². The highest BCUT2D eigenvalue weighted by molar-refractivity contribution is 7.15. The van der Waals surface area contributed by atoms with Crippen LogP contribution < -0.4 is 0 Å². The van der Waals surface area contributed by atoms with Crippen molar-refractivity contribution in [2.75, 3.05) is 0 Å². The summed E-state index contributed by atoms with van der Waals surface area (Å²) < 4.78 is 0. The van der Waals surface area contributed by atoms with E-state index >= 15 is 0 Å². The van der Waals surface area contributed by atoms with E-state index in [2.05, 4.69) is 50.3 Å². The van der Waals surface area contributed by atoms with E-state index in [9.17, 15) is 5.11 Å². The van der Waals surface area contributed by atoms with Gasteiger partial charge in [-0.1, -0.05) is 0 Å². The zero-order valence-corrected chi connectivity index (χ0v) is 17.2. The number of H-pyrrole nitrogens is 2. The first-order valence-corrected chi connectivity index (χ1v) is 10.5. The molecule has 0 fully saturated rings. The minimum Gasteiger partial charge on any atom is -0.506 e. The number of hydrogen-bond acceptors (Lipinski definition) is 6. The number of hydrogen-bond donors (Lipinski definition) is 3. The summed E-state index contributed by atoms with van der Waals surface area (Å²) in [6, 6.07) is 11.8. The number of nitrogens with one attached hydrogen (secondary N) is 2. The van der Waals surface area contributed by atoms with Crippen molar-refractivity contribution in [3.05, 3.63) is 66.1 Å². The number of pyridine rings is 3.